The quantitative estimate of drug-likeness (QED) is 0.548. The second-order valence-corrected chi connectivity index (χ2v) is 7.76. The predicted molar refractivity (Wildman–Crippen MR) is 117 cm³/mol. The molecular weight excluding hydrogens is 364 g/mol. The zero-order chi connectivity index (χ0) is 20.6. The van der Waals surface area contributed by atoms with Crippen LogP contribution in [0.3, 0.4) is 0 Å². The number of guanidine groups is 1. The maximum absolute atomic E-state index is 5.50. The summed E-state index contributed by atoms with van der Waals surface area (Å²) in [5, 5.41) is 11.1. The van der Waals surface area contributed by atoms with Gasteiger partial charge in [0, 0.05) is 44.4 Å². The third kappa shape index (κ3) is 5.71. The number of anilines is 1. The highest BCUT2D eigenvalue weighted by Crippen LogP contribution is 2.22. The van der Waals surface area contributed by atoms with E-state index < -0.39 is 0 Å². The molecule has 0 bridgehead atoms. The van der Waals surface area contributed by atoms with Crippen molar-refractivity contribution in [2.24, 2.45) is 4.99 Å². The molecule has 0 saturated carbocycles. The molecule has 0 spiro atoms. The van der Waals surface area contributed by atoms with Crippen LogP contribution < -0.4 is 15.5 Å². The van der Waals surface area contributed by atoms with E-state index >= 15 is 0 Å². The Balaban J connectivity index is 1.45. The molecule has 7 heteroatoms. The molecule has 3 heterocycles. The van der Waals surface area contributed by atoms with E-state index in [2.05, 4.69) is 69.6 Å². The molecule has 0 unspecified atom stereocenters. The van der Waals surface area contributed by atoms with Gasteiger partial charge in [0.25, 0.3) is 0 Å². The lowest BCUT2D eigenvalue weighted by Crippen LogP contribution is -2.48. The number of pyridine rings is 1. The molecule has 2 N–H and O–H groups in total. The van der Waals surface area contributed by atoms with Gasteiger partial charge in [-0.3, -0.25) is 4.99 Å². The average Bonchev–Trinajstić information content (AvgIpc) is 3.22. The normalized spacial score (nSPS) is 15.8. The third-order valence-corrected chi connectivity index (χ3v) is 5.69. The van der Waals surface area contributed by atoms with Crippen LogP contribution in [-0.4, -0.2) is 42.3 Å². The van der Waals surface area contributed by atoms with Gasteiger partial charge in [0.1, 0.15) is 5.82 Å². The second-order valence-electron chi connectivity index (χ2n) is 7.76. The number of piperidine rings is 1. The lowest BCUT2D eigenvalue weighted by atomic mass is 9.99. The van der Waals surface area contributed by atoms with E-state index in [1.807, 2.05) is 6.20 Å². The number of aryl methyl sites for hydroxylation is 1. The lowest BCUT2D eigenvalue weighted by molar-refractivity contribution is 0.367. The van der Waals surface area contributed by atoms with E-state index in [1.54, 1.807) is 7.05 Å². The minimum Gasteiger partial charge on any atom is -0.359 e. The van der Waals surface area contributed by atoms with Crippen molar-refractivity contribution in [3.8, 4) is 0 Å². The molecule has 2 aromatic rings. The molecule has 1 fully saturated rings. The van der Waals surface area contributed by atoms with Gasteiger partial charge in [0.05, 0.1) is 12.2 Å². The Morgan fingerprint density at radius 2 is 2.03 bits per heavy atom. The number of aliphatic imine (C=N–C) groups is 1. The first-order valence-corrected chi connectivity index (χ1v) is 10.7. The summed E-state index contributed by atoms with van der Waals surface area (Å²) >= 11 is 0. The topological polar surface area (TPSA) is 78.6 Å². The van der Waals surface area contributed by atoms with Crippen LogP contribution in [0.5, 0.6) is 0 Å². The highest BCUT2D eigenvalue weighted by Gasteiger charge is 2.21. The minimum absolute atomic E-state index is 0.401. The average molecular weight is 399 g/mol. The molecule has 29 heavy (non-hydrogen) atoms. The second kappa shape index (κ2) is 10.3. The molecule has 1 saturated heterocycles. The van der Waals surface area contributed by atoms with Gasteiger partial charge < -0.3 is 20.1 Å². The molecule has 1 aliphatic heterocycles. The van der Waals surface area contributed by atoms with Crippen molar-refractivity contribution >= 4 is 11.8 Å². The van der Waals surface area contributed by atoms with Crippen LogP contribution in [0.4, 0.5) is 5.82 Å². The lowest BCUT2D eigenvalue weighted by Gasteiger charge is -2.33. The number of hydrogen-bond donors (Lipinski definition) is 2. The van der Waals surface area contributed by atoms with Crippen molar-refractivity contribution < 1.29 is 4.52 Å². The number of nitrogens with one attached hydrogen (secondary N) is 2. The minimum atomic E-state index is 0.401. The van der Waals surface area contributed by atoms with Crippen LogP contribution in [-0.2, 0) is 6.54 Å². The van der Waals surface area contributed by atoms with Crippen LogP contribution in [0.1, 0.15) is 62.5 Å². The van der Waals surface area contributed by atoms with Crippen molar-refractivity contribution in [2.75, 3.05) is 25.0 Å². The summed E-state index contributed by atoms with van der Waals surface area (Å²) in [7, 11) is 1.80. The molecule has 0 atom stereocenters. The van der Waals surface area contributed by atoms with Crippen LogP contribution in [0.15, 0.2) is 33.9 Å². The molecule has 0 amide bonds. The van der Waals surface area contributed by atoms with Gasteiger partial charge in [-0.2, -0.15) is 0 Å². The summed E-state index contributed by atoms with van der Waals surface area (Å²) in [6.45, 7) is 9.01. The Hall–Kier alpha value is -2.57. The highest BCUT2D eigenvalue weighted by atomic mass is 16.5. The summed E-state index contributed by atoms with van der Waals surface area (Å²) < 4.78 is 5.50. The van der Waals surface area contributed by atoms with Gasteiger partial charge in [0.15, 0.2) is 11.7 Å². The third-order valence-electron chi connectivity index (χ3n) is 5.69. The van der Waals surface area contributed by atoms with Crippen LogP contribution in [0.25, 0.3) is 0 Å². The SMILES string of the molecule is CCC(CC)c1cc(CNC(=NC)NC2CCN(c3ccc(C)cn3)CC2)on1. The first kappa shape index (κ1) is 21.1. The molecule has 7 nitrogen and oxygen atoms in total. The Morgan fingerprint density at radius 3 is 2.66 bits per heavy atom. The number of aromatic nitrogens is 2. The van der Waals surface area contributed by atoms with Crippen LogP contribution >= 0.6 is 0 Å². The fourth-order valence-corrected chi connectivity index (χ4v) is 3.77. The van der Waals surface area contributed by atoms with Crippen molar-refractivity contribution in [1.29, 1.82) is 0 Å². The smallest absolute Gasteiger partial charge is 0.191 e. The molecule has 1 aliphatic rings. The number of rotatable bonds is 7. The van der Waals surface area contributed by atoms with E-state index in [9.17, 15) is 0 Å². The zero-order valence-electron chi connectivity index (χ0n) is 18.1. The summed E-state index contributed by atoms with van der Waals surface area (Å²) in [5.41, 5.74) is 2.24. The molecule has 3 rings (SSSR count). The molecule has 158 valence electrons. The van der Waals surface area contributed by atoms with E-state index in [0.29, 0.717) is 18.5 Å². The standard InChI is InChI=1S/C22H34N6O/c1-5-17(6-2)20-13-19(29-27-20)15-25-22(23-4)26-18-9-11-28(12-10-18)21-8-7-16(3)14-24-21/h7-8,13-14,17-18H,5-6,9-12,15H2,1-4H3,(H2,23,25,26). The summed E-state index contributed by atoms with van der Waals surface area (Å²) in [6.07, 6.45) is 6.20. The van der Waals surface area contributed by atoms with Gasteiger partial charge >= 0.3 is 0 Å². The Labute approximate surface area is 174 Å². The van der Waals surface area contributed by atoms with E-state index in [-0.39, 0.29) is 0 Å². The molecule has 0 aromatic carbocycles. The first-order chi connectivity index (χ1) is 14.1. The summed E-state index contributed by atoms with van der Waals surface area (Å²) in [6, 6.07) is 6.69. The monoisotopic (exact) mass is 398 g/mol. The van der Waals surface area contributed by atoms with Crippen molar-refractivity contribution in [1.82, 2.24) is 20.8 Å². The van der Waals surface area contributed by atoms with Crippen LogP contribution in [0.2, 0.25) is 0 Å². The Kier molecular flexibility index (Phi) is 7.49. The first-order valence-electron chi connectivity index (χ1n) is 10.7. The Bertz CT molecular complexity index is 773. The maximum atomic E-state index is 5.50. The largest absolute Gasteiger partial charge is 0.359 e. The van der Waals surface area contributed by atoms with Gasteiger partial charge in [-0.1, -0.05) is 25.1 Å². The van der Waals surface area contributed by atoms with Gasteiger partial charge in [-0.05, 0) is 44.2 Å². The molecule has 0 radical (unpaired) electrons. The molecular formula is C22H34N6O. The van der Waals surface area contributed by atoms with Crippen molar-refractivity contribution in [3.05, 3.63) is 41.4 Å². The van der Waals surface area contributed by atoms with Crippen molar-refractivity contribution in [3.63, 3.8) is 0 Å². The summed E-state index contributed by atoms with van der Waals surface area (Å²) in [5.74, 6) is 3.18. The number of nitrogens with zero attached hydrogens (tertiary/aromatic N) is 4. The van der Waals surface area contributed by atoms with Gasteiger partial charge in [0.2, 0.25) is 0 Å². The fourth-order valence-electron chi connectivity index (χ4n) is 3.77. The summed E-state index contributed by atoms with van der Waals surface area (Å²) in [4.78, 5) is 11.3. The zero-order valence-corrected chi connectivity index (χ0v) is 18.1. The van der Waals surface area contributed by atoms with Gasteiger partial charge in [-0.25, -0.2) is 4.98 Å². The fraction of sp³-hybridized carbons (Fsp3) is 0.591. The van der Waals surface area contributed by atoms with E-state index in [1.165, 1.54) is 5.56 Å². The van der Waals surface area contributed by atoms with Crippen molar-refractivity contribution in [2.45, 2.75) is 65.0 Å². The highest BCUT2D eigenvalue weighted by molar-refractivity contribution is 5.79. The molecule has 2 aromatic heterocycles. The predicted octanol–water partition coefficient (Wildman–Crippen LogP) is 3.62. The molecule has 0 aliphatic carbocycles. The number of hydrogen-bond acceptors (Lipinski definition) is 5. The Morgan fingerprint density at radius 1 is 1.28 bits per heavy atom. The van der Waals surface area contributed by atoms with Crippen LogP contribution in [0, 0.1) is 6.92 Å². The van der Waals surface area contributed by atoms with E-state index in [4.69, 9.17) is 4.52 Å². The maximum Gasteiger partial charge on any atom is 0.191 e. The van der Waals surface area contributed by atoms with E-state index in [0.717, 1.165) is 62.0 Å². The van der Waals surface area contributed by atoms with Gasteiger partial charge in [-0.15, -0.1) is 0 Å².